The van der Waals surface area contributed by atoms with E-state index < -0.39 is 10.3 Å². The molecule has 0 rings (SSSR count). The van der Waals surface area contributed by atoms with Gasteiger partial charge in [0.1, 0.15) is 12.7 Å². The van der Waals surface area contributed by atoms with Crippen LogP contribution in [0.3, 0.4) is 0 Å². The van der Waals surface area contributed by atoms with Crippen molar-refractivity contribution < 1.29 is 40.6 Å². The van der Waals surface area contributed by atoms with Crippen molar-refractivity contribution in [2.75, 3.05) is 0 Å². The monoisotopic (exact) mass is 191 g/mol. The second-order valence-electron chi connectivity index (χ2n) is 1.34. The van der Waals surface area contributed by atoms with Crippen LogP contribution < -0.4 is 18.9 Å². The van der Waals surface area contributed by atoms with Crippen LogP contribution in [0.4, 0.5) is 8.78 Å². The van der Waals surface area contributed by atoms with Crippen molar-refractivity contribution in [3.05, 3.63) is 25.1 Å². The Kier molecular flexibility index (Phi) is 7.32. The van der Waals surface area contributed by atoms with E-state index in [0.717, 1.165) is 0 Å². The van der Waals surface area contributed by atoms with Crippen LogP contribution in [0, 0.1) is 0 Å². The van der Waals surface area contributed by atoms with Crippen LogP contribution in [0.15, 0.2) is 25.1 Å². The van der Waals surface area contributed by atoms with Gasteiger partial charge in [0.25, 0.3) is 0 Å². The van der Waals surface area contributed by atoms with Gasteiger partial charge in [0, 0.05) is 12.4 Å². The molecule has 0 saturated heterocycles. The Morgan fingerprint density at radius 2 is 1.50 bits per heavy atom. The summed E-state index contributed by atoms with van der Waals surface area (Å²) in [5.74, 6) is 0. The molecule has 8 heteroatoms. The Balaban J connectivity index is 0. The molecule has 0 bridgehead atoms. The zero-order valence-corrected chi connectivity index (χ0v) is 6.96. The minimum absolute atomic E-state index is 0. The van der Waals surface area contributed by atoms with Gasteiger partial charge in [0.05, 0.1) is 0 Å². The van der Waals surface area contributed by atoms with E-state index in [1.54, 1.807) is 0 Å². The molecule has 4 nitrogen and oxygen atoms in total. The minimum Gasteiger partial charge on any atom is -0.731 e. The maximum atomic E-state index is 11.3. The molecule has 0 saturated carbocycles. The molecule has 0 unspecified atom stereocenters. The number of hydrogen-bond acceptors (Lipinski definition) is 3. The van der Waals surface area contributed by atoms with E-state index >= 15 is 0 Å². The van der Waals surface area contributed by atoms with Crippen molar-refractivity contribution in [1.29, 1.82) is 0 Å². The second kappa shape index (κ2) is 6.20. The Morgan fingerprint density at radius 1 is 1.17 bits per heavy atom. The minimum atomic E-state index is -4.86. The molecule has 0 aromatic heterocycles. The fourth-order valence-corrected chi connectivity index (χ4v) is 0.700. The zero-order valence-electron chi connectivity index (χ0n) is 6.15. The van der Waals surface area contributed by atoms with Crippen LogP contribution in [0.5, 0.6) is 0 Å². The first-order chi connectivity index (χ1) is 5.02. The van der Waals surface area contributed by atoms with E-state index in [2.05, 4.69) is 0 Å². The van der Waals surface area contributed by atoms with Gasteiger partial charge in [-0.05, 0) is 0 Å². The third-order valence-corrected chi connectivity index (χ3v) is 1.42. The van der Waals surface area contributed by atoms with Crippen molar-refractivity contribution in [1.82, 2.24) is 4.31 Å². The van der Waals surface area contributed by atoms with E-state index in [1.165, 1.54) is 0 Å². The summed E-state index contributed by atoms with van der Waals surface area (Å²) in [7, 11) is -4.86. The molecule has 0 aliphatic carbocycles. The molecule has 0 aliphatic heterocycles. The molecule has 12 heavy (non-hydrogen) atoms. The zero-order chi connectivity index (χ0) is 8.91. The summed E-state index contributed by atoms with van der Waals surface area (Å²) < 4.78 is 52.6. The van der Waals surface area contributed by atoms with Crippen molar-refractivity contribution in [3.8, 4) is 0 Å². The molecule has 0 atom stereocenters. The Labute approximate surface area is 80.6 Å². The molecule has 0 aromatic rings. The van der Waals surface area contributed by atoms with Crippen molar-refractivity contribution in [3.63, 3.8) is 0 Å². The van der Waals surface area contributed by atoms with Crippen LogP contribution >= 0.6 is 0 Å². The van der Waals surface area contributed by atoms with Crippen LogP contribution in [-0.2, 0) is 10.3 Å². The largest absolute Gasteiger partial charge is 1.00 e. The smallest absolute Gasteiger partial charge is 0.731 e. The van der Waals surface area contributed by atoms with Gasteiger partial charge in [-0.2, -0.15) is 0 Å². The molecular formula is C4H4F2LiNO3S. The molecule has 64 valence electrons. The normalized spacial score (nSPS) is 11.9. The van der Waals surface area contributed by atoms with Crippen molar-refractivity contribution >= 4 is 10.3 Å². The number of halogens is 2. The van der Waals surface area contributed by atoms with Gasteiger partial charge in [-0.15, -0.1) is 0 Å². The maximum Gasteiger partial charge on any atom is 1.00 e. The van der Waals surface area contributed by atoms with Crippen molar-refractivity contribution in [2.24, 2.45) is 0 Å². The summed E-state index contributed by atoms with van der Waals surface area (Å²) in [5.41, 5.74) is 0. The first-order valence-electron chi connectivity index (χ1n) is 2.30. The van der Waals surface area contributed by atoms with Crippen LogP contribution in [0.1, 0.15) is 0 Å². The number of hydrogen-bond donors (Lipinski definition) is 0. The summed E-state index contributed by atoms with van der Waals surface area (Å²) in [6, 6.07) is 0. The SMILES string of the molecule is O=S(=O)([O-])N(/C=C/F)/C=C/F.[Li+]. The van der Waals surface area contributed by atoms with Gasteiger partial charge in [-0.1, -0.05) is 0 Å². The van der Waals surface area contributed by atoms with E-state index in [4.69, 9.17) is 0 Å². The second-order valence-corrected chi connectivity index (χ2v) is 2.61. The Morgan fingerprint density at radius 3 is 1.67 bits per heavy atom. The van der Waals surface area contributed by atoms with Gasteiger partial charge in [0.2, 0.25) is 0 Å². The summed E-state index contributed by atoms with van der Waals surface area (Å²) in [4.78, 5) is 0. The summed E-state index contributed by atoms with van der Waals surface area (Å²) in [5, 5.41) is 0. The first kappa shape index (κ1) is 14.2. The van der Waals surface area contributed by atoms with Crippen LogP contribution in [-0.4, -0.2) is 17.3 Å². The third kappa shape index (κ3) is 5.32. The predicted octanol–water partition coefficient (Wildman–Crippen LogP) is -2.37. The van der Waals surface area contributed by atoms with Gasteiger partial charge in [0.15, 0.2) is 10.3 Å². The van der Waals surface area contributed by atoms with E-state index in [1.807, 2.05) is 0 Å². The summed E-state index contributed by atoms with van der Waals surface area (Å²) in [6.45, 7) is 0. The molecule has 0 radical (unpaired) electrons. The molecular weight excluding hydrogens is 187 g/mol. The third-order valence-electron chi connectivity index (χ3n) is 0.665. The van der Waals surface area contributed by atoms with Gasteiger partial charge in [-0.3, -0.25) is 4.31 Å². The molecule has 0 spiro atoms. The Bertz CT molecular complexity index is 251. The molecule has 0 amide bonds. The van der Waals surface area contributed by atoms with Gasteiger partial charge in [-0.25, -0.2) is 17.2 Å². The predicted molar refractivity (Wildman–Crippen MR) is 32.0 cm³/mol. The quantitative estimate of drug-likeness (QED) is 0.370. The number of rotatable bonds is 3. The Hall–Kier alpha value is -0.353. The van der Waals surface area contributed by atoms with Gasteiger partial charge < -0.3 is 4.55 Å². The van der Waals surface area contributed by atoms with Crippen LogP contribution in [0.2, 0.25) is 0 Å². The topological polar surface area (TPSA) is 60.4 Å². The number of nitrogens with zero attached hydrogens (tertiary/aromatic N) is 1. The summed E-state index contributed by atoms with van der Waals surface area (Å²) in [6.07, 6.45) is 0.154. The molecule has 0 N–H and O–H groups in total. The van der Waals surface area contributed by atoms with E-state index in [-0.39, 0.29) is 48.2 Å². The van der Waals surface area contributed by atoms with Crippen LogP contribution in [0.25, 0.3) is 0 Å². The fourth-order valence-electron chi connectivity index (χ4n) is 0.310. The molecule has 0 fully saturated rings. The first-order valence-corrected chi connectivity index (χ1v) is 3.67. The average Bonchev–Trinajstić information content (AvgIpc) is 1.85. The fraction of sp³-hybridized carbons (Fsp3) is 0. The molecule has 0 aliphatic rings. The van der Waals surface area contributed by atoms with E-state index in [0.29, 0.717) is 0 Å². The maximum absolute atomic E-state index is 11.3. The van der Waals surface area contributed by atoms with Crippen molar-refractivity contribution in [2.45, 2.75) is 0 Å². The van der Waals surface area contributed by atoms with Gasteiger partial charge >= 0.3 is 18.9 Å². The molecule has 0 heterocycles. The average molecular weight is 191 g/mol. The summed E-state index contributed by atoms with van der Waals surface area (Å²) >= 11 is 0. The van der Waals surface area contributed by atoms with E-state index in [9.17, 15) is 21.8 Å². The molecule has 0 aromatic carbocycles. The standard InChI is InChI=1S/C4H5F2NO3S.Li/c5-1-3-7(4-2-6)11(8,9)10;/h1-4H,(H,8,9,10);/q;+1/p-1/b3-1+,4-2+;.